The fraction of sp³-hybridized carbons (Fsp3) is 0.611. The van der Waals surface area contributed by atoms with E-state index >= 15 is 0 Å². The van der Waals surface area contributed by atoms with Crippen LogP contribution >= 0.6 is 0 Å². The first-order valence-corrected chi connectivity index (χ1v) is 7.88. The molecule has 2 rings (SSSR count). The fourth-order valence-corrected chi connectivity index (χ4v) is 3.24. The van der Waals surface area contributed by atoms with Gasteiger partial charge in [-0.15, -0.1) is 0 Å². The minimum absolute atomic E-state index is 0.121. The summed E-state index contributed by atoms with van der Waals surface area (Å²) in [5, 5.41) is 12.4. The van der Waals surface area contributed by atoms with Crippen LogP contribution < -0.4 is 5.32 Å². The lowest BCUT2D eigenvalue weighted by atomic mass is 9.69. The molecule has 0 aliphatic heterocycles. The normalized spacial score (nSPS) is 22.9. The van der Waals surface area contributed by atoms with Crippen LogP contribution in [0.1, 0.15) is 52.0 Å². The van der Waals surface area contributed by atoms with Gasteiger partial charge >= 0.3 is 0 Å². The highest BCUT2D eigenvalue weighted by Crippen LogP contribution is 2.40. The number of carbonyl (C=O) groups is 1. The van der Waals surface area contributed by atoms with E-state index in [2.05, 4.69) is 26.1 Å². The van der Waals surface area contributed by atoms with Crippen molar-refractivity contribution in [2.24, 2.45) is 17.3 Å². The van der Waals surface area contributed by atoms with E-state index < -0.39 is 0 Å². The van der Waals surface area contributed by atoms with Gasteiger partial charge in [-0.25, -0.2) is 0 Å². The summed E-state index contributed by atoms with van der Waals surface area (Å²) in [6, 6.07) is 5.05. The highest BCUT2D eigenvalue weighted by Gasteiger charge is 2.32. The molecule has 0 radical (unpaired) electrons. The molecule has 1 aromatic rings. The van der Waals surface area contributed by atoms with Crippen molar-refractivity contribution in [3.8, 4) is 5.75 Å². The minimum atomic E-state index is 0.121. The van der Waals surface area contributed by atoms with Gasteiger partial charge in [-0.05, 0) is 67.7 Å². The number of anilines is 1. The van der Waals surface area contributed by atoms with Crippen molar-refractivity contribution in [2.45, 2.75) is 53.4 Å². The summed E-state index contributed by atoms with van der Waals surface area (Å²) in [5.41, 5.74) is 2.04. The van der Waals surface area contributed by atoms with Gasteiger partial charge in [-0.1, -0.05) is 20.8 Å². The van der Waals surface area contributed by atoms with Gasteiger partial charge in [-0.2, -0.15) is 0 Å². The maximum atomic E-state index is 12.4. The van der Waals surface area contributed by atoms with Crippen LogP contribution in [-0.4, -0.2) is 11.0 Å². The van der Waals surface area contributed by atoms with Gasteiger partial charge in [0, 0.05) is 11.6 Å². The van der Waals surface area contributed by atoms with Crippen LogP contribution in [0.3, 0.4) is 0 Å². The number of amides is 1. The van der Waals surface area contributed by atoms with Crippen molar-refractivity contribution in [2.75, 3.05) is 5.32 Å². The number of carbonyl (C=O) groups excluding carboxylic acids is 1. The number of phenols is 1. The minimum Gasteiger partial charge on any atom is -0.508 e. The van der Waals surface area contributed by atoms with Crippen molar-refractivity contribution < 1.29 is 9.90 Å². The Kier molecular flexibility index (Phi) is 4.60. The number of aryl methyl sites for hydroxylation is 1. The highest BCUT2D eigenvalue weighted by atomic mass is 16.3. The van der Waals surface area contributed by atoms with Crippen molar-refractivity contribution in [3.63, 3.8) is 0 Å². The molecule has 0 unspecified atom stereocenters. The first-order chi connectivity index (χ1) is 9.77. The Hall–Kier alpha value is -1.51. The first kappa shape index (κ1) is 15.9. The van der Waals surface area contributed by atoms with Crippen LogP contribution in [0.4, 0.5) is 5.69 Å². The van der Waals surface area contributed by atoms with E-state index in [1.807, 2.05) is 6.92 Å². The smallest absolute Gasteiger partial charge is 0.227 e. The van der Waals surface area contributed by atoms with E-state index in [0.29, 0.717) is 5.41 Å². The Balaban J connectivity index is 1.93. The maximum Gasteiger partial charge on any atom is 0.227 e. The lowest BCUT2D eigenvalue weighted by Gasteiger charge is -2.36. The second-order valence-electron chi connectivity index (χ2n) is 7.40. The maximum absolute atomic E-state index is 12.4. The molecule has 0 atom stereocenters. The molecule has 0 spiro atoms. The Bertz CT molecular complexity index is 508. The predicted molar refractivity (Wildman–Crippen MR) is 86.4 cm³/mol. The summed E-state index contributed by atoms with van der Waals surface area (Å²) >= 11 is 0. The largest absolute Gasteiger partial charge is 0.508 e. The summed E-state index contributed by atoms with van der Waals surface area (Å²) < 4.78 is 0. The monoisotopic (exact) mass is 289 g/mol. The third-order valence-electron chi connectivity index (χ3n) is 4.79. The van der Waals surface area contributed by atoms with E-state index in [4.69, 9.17) is 0 Å². The SMILES string of the molecule is Cc1cc(O)ccc1NC(=O)C1CCC(C(C)(C)C)CC1. The van der Waals surface area contributed by atoms with Gasteiger partial charge in [0.2, 0.25) is 5.91 Å². The second kappa shape index (κ2) is 6.08. The first-order valence-electron chi connectivity index (χ1n) is 7.88. The van der Waals surface area contributed by atoms with E-state index in [0.717, 1.165) is 42.9 Å². The van der Waals surface area contributed by atoms with Crippen LogP contribution in [-0.2, 0) is 4.79 Å². The molecular weight excluding hydrogens is 262 g/mol. The zero-order valence-electron chi connectivity index (χ0n) is 13.6. The van der Waals surface area contributed by atoms with Gasteiger partial charge < -0.3 is 10.4 Å². The molecule has 1 aliphatic carbocycles. The Labute approximate surface area is 127 Å². The summed E-state index contributed by atoms with van der Waals surface area (Å²) in [4.78, 5) is 12.4. The number of hydrogen-bond acceptors (Lipinski definition) is 2. The zero-order valence-corrected chi connectivity index (χ0v) is 13.6. The number of phenolic OH excluding ortho intramolecular Hbond substituents is 1. The molecule has 1 amide bonds. The molecule has 1 aliphatic rings. The van der Waals surface area contributed by atoms with Crippen LogP contribution in [0.25, 0.3) is 0 Å². The van der Waals surface area contributed by atoms with Crippen molar-refractivity contribution >= 4 is 11.6 Å². The van der Waals surface area contributed by atoms with Crippen LogP contribution in [0.5, 0.6) is 5.75 Å². The molecule has 1 aromatic carbocycles. The average molecular weight is 289 g/mol. The quantitative estimate of drug-likeness (QED) is 0.788. The zero-order chi connectivity index (χ0) is 15.6. The molecule has 0 bridgehead atoms. The predicted octanol–water partition coefficient (Wildman–Crippen LogP) is 4.49. The number of nitrogens with one attached hydrogen (secondary N) is 1. The Morgan fingerprint density at radius 1 is 1.19 bits per heavy atom. The molecular formula is C18H27NO2. The molecule has 2 N–H and O–H groups in total. The van der Waals surface area contributed by atoms with Crippen molar-refractivity contribution in [3.05, 3.63) is 23.8 Å². The summed E-state index contributed by atoms with van der Waals surface area (Å²) in [6.45, 7) is 8.76. The molecule has 3 nitrogen and oxygen atoms in total. The lowest BCUT2D eigenvalue weighted by Crippen LogP contribution is -2.31. The molecule has 1 fully saturated rings. The van der Waals surface area contributed by atoms with E-state index in [9.17, 15) is 9.90 Å². The van der Waals surface area contributed by atoms with Crippen LogP contribution in [0, 0.1) is 24.2 Å². The summed E-state index contributed by atoms with van der Waals surface area (Å²) in [5.74, 6) is 1.20. The van der Waals surface area contributed by atoms with Gasteiger partial charge in [0.05, 0.1) is 0 Å². The number of hydrogen-bond donors (Lipinski definition) is 2. The van der Waals surface area contributed by atoms with Gasteiger partial charge in [0.15, 0.2) is 0 Å². The van der Waals surface area contributed by atoms with Gasteiger partial charge in [0.1, 0.15) is 5.75 Å². The summed E-state index contributed by atoms with van der Waals surface area (Å²) in [6.07, 6.45) is 4.22. The second-order valence-corrected chi connectivity index (χ2v) is 7.40. The molecule has 0 heterocycles. The average Bonchev–Trinajstić information content (AvgIpc) is 2.41. The molecule has 3 heteroatoms. The van der Waals surface area contributed by atoms with Crippen molar-refractivity contribution in [1.82, 2.24) is 0 Å². The standard InChI is InChI=1S/C18H27NO2/c1-12-11-15(20)9-10-16(12)19-17(21)13-5-7-14(8-6-13)18(2,3)4/h9-11,13-14,20H,5-8H2,1-4H3,(H,19,21). The van der Waals surface area contributed by atoms with Gasteiger partial charge in [0.25, 0.3) is 0 Å². The molecule has 0 saturated heterocycles. The number of benzene rings is 1. The highest BCUT2D eigenvalue weighted by molar-refractivity contribution is 5.93. The molecule has 1 saturated carbocycles. The van der Waals surface area contributed by atoms with Crippen LogP contribution in [0.15, 0.2) is 18.2 Å². The van der Waals surface area contributed by atoms with E-state index in [1.165, 1.54) is 0 Å². The molecule has 0 aromatic heterocycles. The van der Waals surface area contributed by atoms with Crippen molar-refractivity contribution in [1.29, 1.82) is 0 Å². The van der Waals surface area contributed by atoms with Gasteiger partial charge in [-0.3, -0.25) is 4.79 Å². The fourth-order valence-electron chi connectivity index (χ4n) is 3.24. The van der Waals surface area contributed by atoms with Crippen LogP contribution in [0.2, 0.25) is 0 Å². The summed E-state index contributed by atoms with van der Waals surface area (Å²) in [7, 11) is 0. The Morgan fingerprint density at radius 3 is 2.33 bits per heavy atom. The topological polar surface area (TPSA) is 49.3 Å². The third-order valence-corrected chi connectivity index (χ3v) is 4.79. The number of rotatable bonds is 2. The third kappa shape index (κ3) is 3.99. The molecule has 21 heavy (non-hydrogen) atoms. The van der Waals surface area contributed by atoms with E-state index in [1.54, 1.807) is 18.2 Å². The Morgan fingerprint density at radius 2 is 1.81 bits per heavy atom. The van der Waals surface area contributed by atoms with E-state index in [-0.39, 0.29) is 17.6 Å². The molecule has 116 valence electrons. The number of aromatic hydroxyl groups is 1. The lowest BCUT2D eigenvalue weighted by molar-refractivity contribution is -0.121.